The lowest BCUT2D eigenvalue weighted by atomic mass is 10.3. The normalized spacial score (nSPS) is 15.2. The summed E-state index contributed by atoms with van der Waals surface area (Å²) in [6.45, 7) is 1.91. The van der Waals surface area contributed by atoms with Gasteiger partial charge in [0.2, 0.25) is 21.8 Å². The second-order valence-corrected chi connectivity index (χ2v) is 7.40. The molecule has 2 heterocycles. The molecule has 9 heteroatoms. The van der Waals surface area contributed by atoms with Gasteiger partial charge in [-0.05, 0) is 31.2 Å². The summed E-state index contributed by atoms with van der Waals surface area (Å²) in [5, 5.41) is 0. The molecule has 0 radical (unpaired) electrons. The third kappa shape index (κ3) is 3.77. The fourth-order valence-electron chi connectivity index (χ4n) is 2.53. The molecule has 1 aromatic heterocycles. The van der Waals surface area contributed by atoms with Crippen molar-refractivity contribution in [3.8, 4) is 0 Å². The van der Waals surface area contributed by atoms with E-state index in [1.165, 1.54) is 24.3 Å². The van der Waals surface area contributed by atoms with Gasteiger partial charge in [0.05, 0.1) is 16.8 Å². The Balaban J connectivity index is 1.66. The number of amides is 2. The van der Waals surface area contributed by atoms with E-state index < -0.39 is 10.0 Å². The van der Waals surface area contributed by atoms with Crippen molar-refractivity contribution in [2.75, 3.05) is 11.4 Å². The molecule has 0 unspecified atom stereocenters. The Kier molecular flexibility index (Phi) is 4.69. The molecule has 3 rings (SSSR count). The van der Waals surface area contributed by atoms with Crippen LogP contribution in [0.3, 0.4) is 0 Å². The van der Waals surface area contributed by atoms with Crippen LogP contribution in [-0.2, 0) is 26.0 Å². The van der Waals surface area contributed by atoms with Crippen molar-refractivity contribution in [2.24, 2.45) is 0 Å². The minimum atomic E-state index is -3.70. The van der Waals surface area contributed by atoms with E-state index in [1.807, 2.05) is 0 Å². The van der Waals surface area contributed by atoms with Crippen LogP contribution in [0.1, 0.15) is 24.5 Å². The van der Waals surface area contributed by atoms with Crippen LogP contribution in [0.4, 0.5) is 5.69 Å². The number of imide groups is 1. The monoisotopic (exact) mass is 363 g/mol. The van der Waals surface area contributed by atoms with E-state index in [2.05, 4.69) is 9.71 Å². The third-order valence-electron chi connectivity index (χ3n) is 3.76. The largest absolute Gasteiger partial charge is 0.446 e. The zero-order chi connectivity index (χ0) is 18.0. The van der Waals surface area contributed by atoms with Gasteiger partial charge in [0, 0.05) is 25.8 Å². The van der Waals surface area contributed by atoms with Crippen molar-refractivity contribution in [3.05, 3.63) is 42.1 Å². The smallest absolute Gasteiger partial charge is 0.240 e. The third-order valence-corrected chi connectivity index (χ3v) is 5.23. The summed E-state index contributed by atoms with van der Waals surface area (Å²) in [5.41, 5.74) is 0.377. The first-order valence-electron chi connectivity index (χ1n) is 7.73. The molecule has 0 atom stereocenters. The predicted octanol–water partition coefficient (Wildman–Crippen LogP) is 1.16. The highest BCUT2D eigenvalue weighted by molar-refractivity contribution is 7.89. The molecular formula is C16H17N3O5S. The molecule has 2 aromatic rings. The second-order valence-electron chi connectivity index (χ2n) is 5.63. The minimum absolute atomic E-state index is 0.0546. The lowest BCUT2D eigenvalue weighted by Gasteiger charge is -2.14. The first-order valence-corrected chi connectivity index (χ1v) is 9.22. The van der Waals surface area contributed by atoms with Crippen LogP contribution in [0.25, 0.3) is 0 Å². The molecule has 132 valence electrons. The number of benzene rings is 1. The second kappa shape index (κ2) is 6.77. The average molecular weight is 363 g/mol. The zero-order valence-corrected chi connectivity index (χ0v) is 14.4. The van der Waals surface area contributed by atoms with E-state index in [1.54, 1.807) is 13.1 Å². The van der Waals surface area contributed by atoms with Crippen molar-refractivity contribution in [1.82, 2.24) is 9.71 Å². The Morgan fingerprint density at radius 2 is 1.80 bits per heavy atom. The number of aromatic nitrogens is 1. The molecule has 25 heavy (non-hydrogen) atoms. The maximum Gasteiger partial charge on any atom is 0.240 e. The van der Waals surface area contributed by atoms with Gasteiger partial charge in [-0.25, -0.2) is 18.1 Å². The van der Waals surface area contributed by atoms with Crippen molar-refractivity contribution < 1.29 is 22.4 Å². The molecule has 1 saturated heterocycles. The Hall–Kier alpha value is -2.52. The number of nitrogens with one attached hydrogen (secondary N) is 1. The highest BCUT2D eigenvalue weighted by Crippen LogP contribution is 2.23. The summed E-state index contributed by atoms with van der Waals surface area (Å²) < 4.78 is 32.3. The highest BCUT2D eigenvalue weighted by Gasteiger charge is 2.30. The van der Waals surface area contributed by atoms with Crippen LogP contribution >= 0.6 is 0 Å². The summed E-state index contributed by atoms with van der Waals surface area (Å²) in [6.07, 6.45) is 2.27. The number of aryl methyl sites for hydroxylation is 1. The number of anilines is 1. The Bertz CT molecular complexity index is 886. The standard InChI is InChI=1S/C16H17N3O5S/c1-11-10-17-14(24-11)8-9-18-25(22,23)13-4-2-12(3-5-13)19-15(20)6-7-16(19)21/h2-5,10,18H,6-9H2,1H3. The van der Waals surface area contributed by atoms with Crippen LogP contribution in [0, 0.1) is 6.92 Å². The molecule has 1 aliphatic heterocycles. The Labute approximate surface area is 144 Å². The topological polar surface area (TPSA) is 110 Å². The molecule has 8 nitrogen and oxygen atoms in total. The summed E-state index contributed by atoms with van der Waals surface area (Å²) in [5.74, 6) is 0.570. The molecule has 0 spiro atoms. The molecular weight excluding hydrogens is 346 g/mol. The SMILES string of the molecule is Cc1cnc(CCNS(=O)(=O)c2ccc(N3C(=O)CCC3=O)cc2)o1. The van der Waals surface area contributed by atoms with Crippen LogP contribution in [0.2, 0.25) is 0 Å². The van der Waals surface area contributed by atoms with Crippen LogP contribution in [-0.4, -0.2) is 31.8 Å². The van der Waals surface area contributed by atoms with Crippen LogP contribution < -0.4 is 9.62 Å². The number of nitrogens with zero attached hydrogens (tertiary/aromatic N) is 2. The molecule has 2 amide bonds. The maximum atomic E-state index is 12.3. The number of hydrogen-bond donors (Lipinski definition) is 1. The first kappa shape index (κ1) is 17.3. The van der Waals surface area contributed by atoms with Crippen molar-refractivity contribution in [1.29, 1.82) is 0 Å². The van der Waals surface area contributed by atoms with Gasteiger partial charge in [0.15, 0.2) is 5.89 Å². The molecule has 0 aliphatic carbocycles. The lowest BCUT2D eigenvalue weighted by Crippen LogP contribution is -2.29. The van der Waals surface area contributed by atoms with Gasteiger partial charge in [-0.15, -0.1) is 0 Å². The van der Waals surface area contributed by atoms with E-state index in [-0.39, 0.29) is 36.1 Å². The van der Waals surface area contributed by atoms with E-state index in [4.69, 9.17) is 4.42 Å². The summed E-state index contributed by atoms with van der Waals surface area (Å²) in [6, 6.07) is 5.64. The number of carbonyl (C=O) groups is 2. The van der Waals surface area contributed by atoms with E-state index in [0.29, 0.717) is 23.8 Å². The van der Waals surface area contributed by atoms with Crippen molar-refractivity contribution >= 4 is 27.5 Å². The summed E-state index contributed by atoms with van der Waals surface area (Å²) in [4.78, 5) is 28.5. The lowest BCUT2D eigenvalue weighted by molar-refractivity contribution is -0.121. The number of oxazole rings is 1. The van der Waals surface area contributed by atoms with Gasteiger partial charge >= 0.3 is 0 Å². The number of rotatable bonds is 6. The van der Waals surface area contributed by atoms with Crippen molar-refractivity contribution in [3.63, 3.8) is 0 Å². The van der Waals surface area contributed by atoms with E-state index in [0.717, 1.165) is 4.90 Å². The predicted molar refractivity (Wildman–Crippen MR) is 88.3 cm³/mol. The average Bonchev–Trinajstić information content (AvgIpc) is 3.13. The quantitative estimate of drug-likeness (QED) is 0.771. The zero-order valence-electron chi connectivity index (χ0n) is 13.6. The molecule has 0 bridgehead atoms. The van der Waals surface area contributed by atoms with Crippen LogP contribution in [0.15, 0.2) is 39.8 Å². The molecule has 1 aliphatic rings. The maximum absolute atomic E-state index is 12.3. The highest BCUT2D eigenvalue weighted by atomic mass is 32.2. The number of hydrogen-bond acceptors (Lipinski definition) is 6. The van der Waals surface area contributed by atoms with Gasteiger partial charge < -0.3 is 4.42 Å². The summed E-state index contributed by atoms with van der Waals surface area (Å²) >= 11 is 0. The van der Waals surface area contributed by atoms with E-state index in [9.17, 15) is 18.0 Å². The number of carbonyl (C=O) groups excluding carboxylic acids is 2. The Morgan fingerprint density at radius 3 is 2.36 bits per heavy atom. The molecule has 0 saturated carbocycles. The Morgan fingerprint density at radius 1 is 1.16 bits per heavy atom. The molecule has 1 fully saturated rings. The minimum Gasteiger partial charge on any atom is -0.446 e. The fourth-order valence-corrected chi connectivity index (χ4v) is 3.56. The van der Waals surface area contributed by atoms with E-state index >= 15 is 0 Å². The van der Waals surface area contributed by atoms with Gasteiger partial charge in [0.1, 0.15) is 5.76 Å². The van der Waals surface area contributed by atoms with Gasteiger partial charge in [-0.1, -0.05) is 0 Å². The molecule has 1 N–H and O–H groups in total. The van der Waals surface area contributed by atoms with Gasteiger partial charge in [-0.2, -0.15) is 0 Å². The number of sulfonamides is 1. The first-order chi connectivity index (χ1) is 11.9. The van der Waals surface area contributed by atoms with Gasteiger partial charge in [-0.3, -0.25) is 14.5 Å². The van der Waals surface area contributed by atoms with Crippen LogP contribution in [0.5, 0.6) is 0 Å². The van der Waals surface area contributed by atoms with Gasteiger partial charge in [0.25, 0.3) is 0 Å². The molecule has 1 aromatic carbocycles. The fraction of sp³-hybridized carbons (Fsp3) is 0.312. The van der Waals surface area contributed by atoms with Crippen molar-refractivity contribution in [2.45, 2.75) is 31.1 Å². The summed E-state index contributed by atoms with van der Waals surface area (Å²) in [7, 11) is -3.70.